The van der Waals surface area contributed by atoms with Crippen molar-refractivity contribution in [3.63, 3.8) is 0 Å². The summed E-state index contributed by atoms with van der Waals surface area (Å²) in [5, 5.41) is 0.826. The molecule has 0 unspecified atom stereocenters. The van der Waals surface area contributed by atoms with E-state index in [2.05, 4.69) is 71.3 Å². The Labute approximate surface area is 184 Å². The van der Waals surface area contributed by atoms with Gasteiger partial charge in [0.25, 0.3) is 0 Å². The zero-order chi connectivity index (χ0) is 20.9. The topological polar surface area (TPSA) is 15.7 Å². The fourth-order valence-corrected chi connectivity index (χ4v) is 4.64. The minimum absolute atomic E-state index is 0.131. The Balaban J connectivity index is 1.70. The maximum atomic E-state index is 6.51. The van der Waals surface area contributed by atoms with Crippen LogP contribution in [-0.2, 0) is 13.1 Å². The van der Waals surface area contributed by atoms with E-state index in [9.17, 15) is 0 Å². The van der Waals surface area contributed by atoms with Crippen molar-refractivity contribution >= 4 is 11.6 Å². The van der Waals surface area contributed by atoms with Crippen molar-refractivity contribution in [2.45, 2.75) is 32.6 Å². The maximum Gasteiger partial charge on any atom is 0.124 e. The number of hydrogen-bond donors (Lipinski definition) is 0. The lowest BCUT2D eigenvalue weighted by Gasteiger charge is -2.45. The summed E-state index contributed by atoms with van der Waals surface area (Å²) in [5.41, 5.74) is 5.01. The first-order valence-electron chi connectivity index (χ1n) is 10.6. The van der Waals surface area contributed by atoms with Gasteiger partial charge in [-0.25, -0.2) is 0 Å². The van der Waals surface area contributed by atoms with Crippen molar-refractivity contribution in [1.29, 1.82) is 0 Å². The number of nitrogens with zero attached hydrogens (tertiary/aromatic N) is 2. The van der Waals surface area contributed by atoms with E-state index in [0.717, 1.165) is 48.9 Å². The number of rotatable bonds is 6. The molecule has 156 valence electrons. The molecule has 1 aliphatic heterocycles. The van der Waals surface area contributed by atoms with Crippen LogP contribution in [0.25, 0.3) is 0 Å². The lowest BCUT2D eigenvalue weighted by atomic mass is 10.0. The normalized spacial score (nSPS) is 17.8. The van der Waals surface area contributed by atoms with Crippen molar-refractivity contribution in [2.75, 3.05) is 20.2 Å². The molecule has 1 heterocycles. The molecule has 0 bridgehead atoms. The second-order valence-corrected chi connectivity index (χ2v) is 8.40. The summed E-state index contributed by atoms with van der Waals surface area (Å²) in [6.45, 7) is 5.95. The number of benzene rings is 3. The SMILES string of the molecule is COc1ccccc1[C@H]1N(Cc2cccc(C)c2)CCCN1Cc1ccccc1Cl. The third-order valence-electron chi connectivity index (χ3n) is 5.80. The van der Waals surface area contributed by atoms with Crippen LogP contribution in [0, 0.1) is 6.92 Å². The molecule has 3 nitrogen and oxygen atoms in total. The molecule has 0 spiro atoms. The molecule has 0 amide bonds. The molecule has 1 aliphatic rings. The largest absolute Gasteiger partial charge is 0.496 e. The summed E-state index contributed by atoms with van der Waals surface area (Å²) in [7, 11) is 1.75. The van der Waals surface area contributed by atoms with Crippen LogP contribution in [0.5, 0.6) is 5.75 Å². The number of halogens is 1. The van der Waals surface area contributed by atoms with Crippen LogP contribution in [0.15, 0.2) is 72.8 Å². The van der Waals surface area contributed by atoms with Crippen LogP contribution in [0.3, 0.4) is 0 Å². The van der Waals surface area contributed by atoms with E-state index in [4.69, 9.17) is 16.3 Å². The summed E-state index contributed by atoms with van der Waals surface area (Å²) in [6.07, 6.45) is 1.26. The van der Waals surface area contributed by atoms with Crippen molar-refractivity contribution < 1.29 is 4.74 Å². The van der Waals surface area contributed by atoms with Gasteiger partial charge >= 0.3 is 0 Å². The lowest BCUT2D eigenvalue weighted by Crippen LogP contribution is -2.47. The van der Waals surface area contributed by atoms with Gasteiger partial charge in [0.1, 0.15) is 5.75 Å². The third kappa shape index (κ3) is 4.70. The Hall–Kier alpha value is -2.33. The highest BCUT2D eigenvalue weighted by Crippen LogP contribution is 2.37. The molecule has 0 N–H and O–H groups in total. The van der Waals surface area contributed by atoms with E-state index >= 15 is 0 Å². The van der Waals surface area contributed by atoms with Gasteiger partial charge in [0.05, 0.1) is 13.3 Å². The van der Waals surface area contributed by atoms with Gasteiger partial charge in [-0.05, 0) is 36.6 Å². The molecule has 3 aromatic rings. The second kappa shape index (κ2) is 9.65. The minimum Gasteiger partial charge on any atom is -0.496 e. The Bertz CT molecular complexity index is 990. The molecule has 1 atom stereocenters. The van der Waals surface area contributed by atoms with Gasteiger partial charge in [-0.2, -0.15) is 0 Å². The third-order valence-corrected chi connectivity index (χ3v) is 6.17. The molecule has 1 fully saturated rings. The molecule has 0 radical (unpaired) electrons. The fraction of sp³-hybridized carbons (Fsp3) is 0.308. The highest BCUT2D eigenvalue weighted by molar-refractivity contribution is 6.31. The van der Waals surface area contributed by atoms with Gasteiger partial charge in [0, 0.05) is 36.8 Å². The summed E-state index contributed by atoms with van der Waals surface area (Å²) < 4.78 is 5.76. The van der Waals surface area contributed by atoms with Gasteiger partial charge in [0.2, 0.25) is 0 Å². The van der Waals surface area contributed by atoms with Gasteiger partial charge < -0.3 is 4.74 Å². The average molecular weight is 421 g/mol. The standard InChI is InChI=1S/C26H29ClN2O/c1-20-9-7-10-21(17-20)18-28-15-8-16-29(19-22-11-3-5-13-24(22)27)26(28)23-12-4-6-14-25(23)30-2/h3-7,9-14,17,26H,8,15-16,18-19H2,1-2H3/t26-/m0/s1. The predicted octanol–water partition coefficient (Wildman–Crippen LogP) is 6.06. The zero-order valence-corrected chi connectivity index (χ0v) is 18.5. The molecule has 0 saturated carbocycles. The molecule has 4 heteroatoms. The van der Waals surface area contributed by atoms with Crippen LogP contribution in [0.1, 0.15) is 34.8 Å². The van der Waals surface area contributed by atoms with Crippen molar-refractivity contribution in [3.05, 3.63) is 100 Å². The van der Waals surface area contributed by atoms with Crippen LogP contribution in [-0.4, -0.2) is 30.0 Å². The minimum atomic E-state index is 0.131. The summed E-state index contributed by atoms with van der Waals surface area (Å²) in [5.74, 6) is 0.933. The van der Waals surface area contributed by atoms with E-state index in [1.807, 2.05) is 18.2 Å². The Morgan fingerprint density at radius 3 is 2.40 bits per heavy atom. The number of methoxy groups -OCH3 is 1. The van der Waals surface area contributed by atoms with E-state index in [0.29, 0.717) is 0 Å². The first kappa shape index (κ1) is 20.9. The van der Waals surface area contributed by atoms with E-state index < -0.39 is 0 Å². The van der Waals surface area contributed by atoms with Crippen molar-refractivity contribution in [2.24, 2.45) is 0 Å². The van der Waals surface area contributed by atoms with E-state index in [1.165, 1.54) is 16.7 Å². The van der Waals surface area contributed by atoms with Gasteiger partial charge in [-0.3, -0.25) is 9.80 Å². The highest BCUT2D eigenvalue weighted by atomic mass is 35.5. The number of aryl methyl sites for hydroxylation is 1. The molecule has 4 rings (SSSR count). The fourth-order valence-electron chi connectivity index (χ4n) is 4.45. The zero-order valence-electron chi connectivity index (χ0n) is 17.7. The second-order valence-electron chi connectivity index (χ2n) is 7.99. The van der Waals surface area contributed by atoms with Gasteiger partial charge in [-0.15, -0.1) is 0 Å². The Morgan fingerprint density at radius 2 is 1.63 bits per heavy atom. The van der Waals surface area contributed by atoms with Gasteiger partial charge in [0.15, 0.2) is 0 Å². The average Bonchev–Trinajstić information content (AvgIpc) is 2.76. The molecule has 1 saturated heterocycles. The van der Waals surface area contributed by atoms with Crippen LogP contribution >= 0.6 is 11.6 Å². The summed E-state index contributed by atoms with van der Waals surface area (Å²) in [6, 6.07) is 25.3. The Morgan fingerprint density at radius 1 is 0.900 bits per heavy atom. The smallest absolute Gasteiger partial charge is 0.124 e. The van der Waals surface area contributed by atoms with Gasteiger partial charge in [-0.1, -0.05) is 77.8 Å². The lowest BCUT2D eigenvalue weighted by molar-refractivity contribution is -0.0103. The van der Waals surface area contributed by atoms with E-state index in [1.54, 1.807) is 7.11 Å². The monoisotopic (exact) mass is 420 g/mol. The quantitative estimate of drug-likeness (QED) is 0.481. The van der Waals surface area contributed by atoms with E-state index in [-0.39, 0.29) is 6.17 Å². The molecule has 0 aromatic heterocycles. The molecule has 3 aromatic carbocycles. The molecular formula is C26H29ClN2O. The van der Waals surface area contributed by atoms with Crippen LogP contribution < -0.4 is 4.74 Å². The first-order valence-corrected chi connectivity index (χ1v) is 10.9. The highest BCUT2D eigenvalue weighted by Gasteiger charge is 2.32. The molecular weight excluding hydrogens is 392 g/mol. The van der Waals surface area contributed by atoms with Crippen molar-refractivity contribution in [1.82, 2.24) is 9.80 Å². The van der Waals surface area contributed by atoms with Crippen LogP contribution in [0.4, 0.5) is 0 Å². The van der Waals surface area contributed by atoms with Crippen LogP contribution in [0.2, 0.25) is 5.02 Å². The molecule has 0 aliphatic carbocycles. The maximum absolute atomic E-state index is 6.51. The number of hydrogen-bond acceptors (Lipinski definition) is 3. The molecule has 30 heavy (non-hydrogen) atoms. The van der Waals surface area contributed by atoms with Crippen molar-refractivity contribution in [3.8, 4) is 5.75 Å². The first-order chi connectivity index (χ1) is 14.7. The predicted molar refractivity (Wildman–Crippen MR) is 124 cm³/mol. The summed E-state index contributed by atoms with van der Waals surface area (Å²) >= 11 is 6.51. The Kier molecular flexibility index (Phi) is 6.73. The summed E-state index contributed by atoms with van der Waals surface area (Å²) in [4.78, 5) is 5.09. The number of para-hydroxylation sites is 1. The number of ether oxygens (including phenoxy) is 1.